The van der Waals surface area contributed by atoms with Crippen molar-refractivity contribution >= 4 is 40.3 Å². The van der Waals surface area contributed by atoms with Crippen molar-refractivity contribution in [2.24, 2.45) is 0 Å². The number of piperidine rings is 2. The fraction of sp³-hybridized carbons (Fsp3) is 0.571. The van der Waals surface area contributed by atoms with Crippen LogP contribution in [0.1, 0.15) is 49.3 Å². The van der Waals surface area contributed by atoms with Crippen LogP contribution < -0.4 is 16.3 Å². The Morgan fingerprint density at radius 1 is 0.960 bits per heavy atom. The number of carbonyl (C=O) groups excluding carboxylic acids is 2. The molecule has 2 bridgehead atoms. The fourth-order valence-corrected chi connectivity index (χ4v) is 9.02. The third kappa shape index (κ3) is 6.69. The molecule has 1 aromatic heterocycles. The van der Waals surface area contributed by atoms with Crippen LogP contribution in [0, 0.1) is 0 Å². The molecular formula is C35H44ClF3N8O3. The number of nitrogens with one attached hydrogen (secondary N) is 3. The van der Waals surface area contributed by atoms with Gasteiger partial charge in [0.25, 0.3) is 0 Å². The van der Waals surface area contributed by atoms with Gasteiger partial charge in [0, 0.05) is 76.9 Å². The number of likely N-dealkylation sites (N-methyl/N-ethyl adjacent to an activating group) is 1. The van der Waals surface area contributed by atoms with Crippen LogP contribution in [0.15, 0.2) is 41.2 Å². The Morgan fingerprint density at radius 3 is 2.28 bits per heavy atom. The minimum Gasteiger partial charge on any atom is -0.386 e. The zero-order chi connectivity index (χ0) is 35.3. The molecule has 3 aromatic rings. The Kier molecular flexibility index (Phi) is 9.54. The number of piperazine rings is 1. The van der Waals surface area contributed by atoms with E-state index in [1.807, 2.05) is 24.3 Å². The maximum Gasteiger partial charge on any atom is 0.418 e. The van der Waals surface area contributed by atoms with E-state index in [2.05, 4.69) is 32.5 Å². The average molecular weight is 717 g/mol. The molecule has 270 valence electrons. The molecule has 3 amide bonds. The topological polar surface area (TPSA) is 109 Å². The summed E-state index contributed by atoms with van der Waals surface area (Å²) in [7, 11) is 3.54. The summed E-state index contributed by atoms with van der Waals surface area (Å²) in [6.07, 6.45) is -0.975. The first-order valence-electron chi connectivity index (χ1n) is 17.5. The van der Waals surface area contributed by atoms with Crippen molar-refractivity contribution in [3.8, 4) is 0 Å². The number of para-hydroxylation sites is 2. The zero-order valence-electron chi connectivity index (χ0n) is 28.3. The molecule has 2 unspecified atom stereocenters. The molecule has 2 aromatic carbocycles. The number of carbonyl (C=O) groups is 2. The molecule has 3 atom stereocenters. The summed E-state index contributed by atoms with van der Waals surface area (Å²) in [5, 5.41) is 5.31. The standard InChI is InChI=1S/C35H44ClF3N8O3/c1-40-31-26(35(37,38)39)15-21(16-27(31)36)17-29(32(48)44-11-7-22(8-12-44)46-20-24-18-25(46)19-43(24)2)42-33(49)45-13-9-23(10-14-45)47-30-6-4-3-5-28(30)41-34(47)50/h3-6,15-16,22-25,29,40H,7-14,17-20H2,1-2H3,(H,41,50)(H,42,49)/t24?,25?,29-/m1/s1. The molecule has 7 rings (SSSR count). The number of alkyl halides is 3. The van der Waals surface area contributed by atoms with Crippen molar-refractivity contribution in [3.63, 3.8) is 0 Å². The quantitative estimate of drug-likeness (QED) is 0.335. The van der Waals surface area contributed by atoms with Crippen LogP contribution in [-0.4, -0.2) is 119 Å². The first kappa shape index (κ1) is 34.7. The van der Waals surface area contributed by atoms with E-state index < -0.39 is 23.8 Å². The molecule has 3 N–H and O–H groups in total. The van der Waals surface area contributed by atoms with Crippen molar-refractivity contribution in [2.45, 2.75) is 74.9 Å². The summed E-state index contributed by atoms with van der Waals surface area (Å²) in [6.45, 7) is 3.82. The van der Waals surface area contributed by atoms with Crippen LogP contribution in [-0.2, 0) is 17.4 Å². The van der Waals surface area contributed by atoms with Crippen LogP contribution in [0.4, 0.5) is 23.7 Å². The van der Waals surface area contributed by atoms with E-state index >= 15 is 0 Å². The number of hydrogen-bond acceptors (Lipinski definition) is 6. The summed E-state index contributed by atoms with van der Waals surface area (Å²) in [5.74, 6) is -0.318. The summed E-state index contributed by atoms with van der Waals surface area (Å²) in [4.78, 5) is 51.9. The van der Waals surface area contributed by atoms with E-state index in [1.54, 1.807) is 14.4 Å². The zero-order valence-corrected chi connectivity index (χ0v) is 29.1. The van der Waals surface area contributed by atoms with Crippen molar-refractivity contribution in [1.29, 1.82) is 0 Å². The molecular weight excluding hydrogens is 673 g/mol. The Balaban J connectivity index is 1.06. The fourth-order valence-electron chi connectivity index (χ4n) is 8.68. The second kappa shape index (κ2) is 13.8. The number of nitrogens with zero attached hydrogens (tertiary/aromatic N) is 5. The highest BCUT2D eigenvalue weighted by Crippen LogP contribution is 2.40. The van der Waals surface area contributed by atoms with Gasteiger partial charge in [-0.1, -0.05) is 23.7 Å². The first-order valence-corrected chi connectivity index (χ1v) is 17.9. The van der Waals surface area contributed by atoms with E-state index in [0.29, 0.717) is 57.1 Å². The van der Waals surface area contributed by atoms with Crippen molar-refractivity contribution in [1.82, 2.24) is 34.5 Å². The number of aromatic amines is 1. The van der Waals surface area contributed by atoms with E-state index in [9.17, 15) is 27.6 Å². The van der Waals surface area contributed by atoms with E-state index in [1.165, 1.54) is 19.5 Å². The number of hydrogen-bond donors (Lipinski definition) is 3. The highest BCUT2D eigenvalue weighted by Gasteiger charge is 2.45. The minimum absolute atomic E-state index is 0.110. The second-order valence-corrected chi connectivity index (χ2v) is 14.6. The second-order valence-electron chi connectivity index (χ2n) is 14.2. The lowest BCUT2D eigenvalue weighted by molar-refractivity contribution is -0.137. The number of H-pyrrole nitrogens is 1. The molecule has 0 aliphatic carbocycles. The molecule has 0 spiro atoms. The van der Waals surface area contributed by atoms with Gasteiger partial charge in [0.1, 0.15) is 6.04 Å². The highest BCUT2D eigenvalue weighted by atomic mass is 35.5. The number of benzene rings is 2. The Hall–Kier alpha value is -3.75. The monoisotopic (exact) mass is 716 g/mol. The third-order valence-electron chi connectivity index (χ3n) is 11.3. The van der Waals surface area contributed by atoms with Gasteiger partial charge in [0.05, 0.1) is 27.3 Å². The van der Waals surface area contributed by atoms with Crippen molar-refractivity contribution in [3.05, 3.63) is 63.0 Å². The van der Waals surface area contributed by atoms with E-state index in [-0.39, 0.29) is 40.3 Å². The SMILES string of the molecule is CNc1c(Cl)cc(C[C@@H](NC(=O)N2CCC(n3c(=O)[nH]c4ccccc43)CC2)C(=O)N2CCC(N3CC4CC3CN4C)CC2)cc1C(F)(F)F. The number of anilines is 1. The Labute approximate surface area is 293 Å². The number of aromatic nitrogens is 2. The van der Waals surface area contributed by atoms with Gasteiger partial charge in [-0.2, -0.15) is 13.2 Å². The van der Waals surface area contributed by atoms with Gasteiger partial charge >= 0.3 is 17.9 Å². The number of likely N-dealkylation sites (tertiary alicyclic amines) is 4. The number of urea groups is 1. The van der Waals surface area contributed by atoms with Crippen molar-refractivity contribution < 1.29 is 22.8 Å². The van der Waals surface area contributed by atoms with Gasteiger partial charge < -0.3 is 30.3 Å². The molecule has 4 fully saturated rings. The van der Waals surface area contributed by atoms with Gasteiger partial charge in [0.2, 0.25) is 5.91 Å². The summed E-state index contributed by atoms with van der Waals surface area (Å²) < 4.78 is 43.9. The molecule has 11 nitrogen and oxygen atoms in total. The average Bonchev–Trinajstić information content (AvgIpc) is 3.78. The minimum atomic E-state index is -4.68. The number of rotatable bonds is 7. The lowest BCUT2D eigenvalue weighted by Crippen LogP contribution is -2.57. The predicted molar refractivity (Wildman–Crippen MR) is 186 cm³/mol. The lowest BCUT2D eigenvalue weighted by Gasteiger charge is -2.42. The number of imidazole rings is 1. The Bertz CT molecular complexity index is 1800. The highest BCUT2D eigenvalue weighted by molar-refractivity contribution is 6.33. The normalized spacial score (nSPS) is 23.2. The summed E-state index contributed by atoms with van der Waals surface area (Å²) >= 11 is 6.31. The van der Waals surface area contributed by atoms with Crippen LogP contribution >= 0.6 is 11.6 Å². The smallest absolute Gasteiger partial charge is 0.386 e. The molecule has 50 heavy (non-hydrogen) atoms. The van der Waals surface area contributed by atoms with Gasteiger partial charge in [-0.25, -0.2) is 9.59 Å². The molecule has 0 saturated carbocycles. The van der Waals surface area contributed by atoms with E-state index in [0.717, 1.165) is 43.0 Å². The van der Waals surface area contributed by atoms with Crippen LogP contribution in [0.2, 0.25) is 5.02 Å². The van der Waals surface area contributed by atoms with Gasteiger partial charge in [-0.3, -0.25) is 14.3 Å². The van der Waals surface area contributed by atoms with Gasteiger partial charge in [-0.05, 0) is 69.0 Å². The predicted octanol–water partition coefficient (Wildman–Crippen LogP) is 4.38. The van der Waals surface area contributed by atoms with Crippen LogP contribution in [0.3, 0.4) is 0 Å². The summed E-state index contributed by atoms with van der Waals surface area (Å²) in [6, 6.07) is 9.72. The number of amides is 3. The first-order chi connectivity index (χ1) is 23.9. The lowest BCUT2D eigenvalue weighted by atomic mass is 9.98. The third-order valence-corrected chi connectivity index (χ3v) is 11.6. The van der Waals surface area contributed by atoms with Gasteiger partial charge in [0.15, 0.2) is 0 Å². The molecule has 4 aliphatic heterocycles. The molecule has 4 saturated heterocycles. The maximum atomic E-state index is 14.1. The van der Waals surface area contributed by atoms with Gasteiger partial charge in [-0.15, -0.1) is 0 Å². The summed E-state index contributed by atoms with van der Waals surface area (Å²) in [5.41, 5.74) is 0.385. The van der Waals surface area contributed by atoms with E-state index in [4.69, 9.17) is 11.6 Å². The largest absolute Gasteiger partial charge is 0.418 e. The number of fused-ring (bicyclic) bond motifs is 3. The Morgan fingerprint density at radius 2 is 1.64 bits per heavy atom. The van der Waals surface area contributed by atoms with Crippen LogP contribution in [0.25, 0.3) is 11.0 Å². The van der Waals surface area contributed by atoms with Crippen molar-refractivity contribution in [2.75, 3.05) is 58.7 Å². The van der Waals surface area contributed by atoms with Crippen LogP contribution in [0.5, 0.6) is 0 Å². The maximum absolute atomic E-state index is 14.1. The number of halogens is 4. The molecule has 5 heterocycles. The molecule has 15 heteroatoms. The molecule has 0 radical (unpaired) electrons. The molecule has 4 aliphatic rings.